The fourth-order valence-corrected chi connectivity index (χ4v) is 1.81. The SMILES string of the molecule is NCc1nc(-c2ncc[nH]2)n2ccccc12. The molecule has 3 N–H and O–H groups in total. The van der Waals surface area contributed by atoms with Crippen molar-refractivity contribution in [2.24, 2.45) is 5.73 Å². The van der Waals surface area contributed by atoms with E-state index in [0.717, 1.165) is 22.9 Å². The van der Waals surface area contributed by atoms with E-state index in [2.05, 4.69) is 15.0 Å². The second kappa shape index (κ2) is 3.46. The van der Waals surface area contributed by atoms with Crippen molar-refractivity contribution in [3.8, 4) is 11.6 Å². The van der Waals surface area contributed by atoms with Crippen molar-refractivity contribution < 1.29 is 0 Å². The smallest absolute Gasteiger partial charge is 0.181 e. The van der Waals surface area contributed by atoms with Gasteiger partial charge in [-0.1, -0.05) is 6.07 Å². The zero-order valence-corrected chi connectivity index (χ0v) is 8.59. The summed E-state index contributed by atoms with van der Waals surface area (Å²) >= 11 is 0. The highest BCUT2D eigenvalue weighted by molar-refractivity contribution is 5.61. The van der Waals surface area contributed by atoms with E-state index in [9.17, 15) is 0 Å². The van der Waals surface area contributed by atoms with Crippen molar-refractivity contribution in [3.63, 3.8) is 0 Å². The summed E-state index contributed by atoms with van der Waals surface area (Å²) in [6.45, 7) is 0.425. The fraction of sp³-hybridized carbons (Fsp3) is 0.0909. The van der Waals surface area contributed by atoms with Crippen LogP contribution in [0.1, 0.15) is 5.69 Å². The molecule has 0 bridgehead atoms. The van der Waals surface area contributed by atoms with E-state index in [4.69, 9.17) is 5.73 Å². The number of hydrogen-bond donors (Lipinski definition) is 2. The van der Waals surface area contributed by atoms with Crippen molar-refractivity contribution in [2.75, 3.05) is 0 Å². The van der Waals surface area contributed by atoms with Crippen LogP contribution in [0.25, 0.3) is 17.2 Å². The third kappa shape index (κ3) is 1.22. The minimum atomic E-state index is 0.425. The zero-order valence-electron chi connectivity index (χ0n) is 8.59. The Balaban J connectivity index is 2.33. The van der Waals surface area contributed by atoms with Crippen molar-refractivity contribution in [1.82, 2.24) is 19.4 Å². The molecule has 0 atom stereocenters. The lowest BCUT2D eigenvalue weighted by Crippen LogP contribution is -1.96. The Bertz CT molecular complexity index is 608. The molecule has 0 radical (unpaired) electrons. The van der Waals surface area contributed by atoms with Crippen LogP contribution < -0.4 is 5.73 Å². The number of nitrogens with one attached hydrogen (secondary N) is 1. The predicted octanol–water partition coefficient (Wildman–Crippen LogP) is 1.18. The maximum absolute atomic E-state index is 5.68. The highest BCUT2D eigenvalue weighted by Gasteiger charge is 2.12. The molecule has 0 saturated heterocycles. The second-order valence-corrected chi connectivity index (χ2v) is 3.48. The zero-order chi connectivity index (χ0) is 11.0. The topological polar surface area (TPSA) is 72.0 Å². The Morgan fingerprint density at radius 1 is 1.38 bits per heavy atom. The highest BCUT2D eigenvalue weighted by Crippen LogP contribution is 2.19. The van der Waals surface area contributed by atoms with Crippen molar-refractivity contribution in [3.05, 3.63) is 42.5 Å². The Kier molecular flexibility index (Phi) is 1.97. The van der Waals surface area contributed by atoms with Crippen LogP contribution in [0, 0.1) is 0 Å². The number of pyridine rings is 1. The third-order valence-electron chi connectivity index (χ3n) is 2.53. The third-order valence-corrected chi connectivity index (χ3v) is 2.53. The van der Waals surface area contributed by atoms with E-state index in [1.165, 1.54) is 0 Å². The molecular weight excluding hydrogens is 202 g/mol. The van der Waals surface area contributed by atoms with Gasteiger partial charge in [-0.15, -0.1) is 0 Å². The molecule has 3 heterocycles. The van der Waals surface area contributed by atoms with Crippen LogP contribution >= 0.6 is 0 Å². The Morgan fingerprint density at radius 2 is 2.31 bits per heavy atom. The number of hydrogen-bond acceptors (Lipinski definition) is 3. The molecule has 0 saturated carbocycles. The summed E-state index contributed by atoms with van der Waals surface area (Å²) in [5.74, 6) is 1.54. The standard InChI is InChI=1S/C11H11N5/c12-7-8-9-3-1-2-6-16(9)11(15-8)10-13-4-5-14-10/h1-6H,7,12H2,(H,13,14). The fourth-order valence-electron chi connectivity index (χ4n) is 1.81. The summed E-state index contributed by atoms with van der Waals surface area (Å²) in [5.41, 5.74) is 7.58. The van der Waals surface area contributed by atoms with Gasteiger partial charge in [0, 0.05) is 25.1 Å². The summed E-state index contributed by atoms with van der Waals surface area (Å²) in [6, 6.07) is 5.94. The maximum Gasteiger partial charge on any atom is 0.181 e. The summed E-state index contributed by atoms with van der Waals surface area (Å²) in [6.07, 6.45) is 5.45. The average molecular weight is 213 g/mol. The molecule has 0 spiro atoms. The van der Waals surface area contributed by atoms with Gasteiger partial charge in [0.15, 0.2) is 11.6 Å². The number of H-pyrrole nitrogens is 1. The summed E-state index contributed by atoms with van der Waals surface area (Å²) in [4.78, 5) is 11.7. The molecule has 3 rings (SSSR count). The minimum Gasteiger partial charge on any atom is -0.342 e. The molecule has 0 amide bonds. The first-order chi connectivity index (χ1) is 7.90. The first-order valence-corrected chi connectivity index (χ1v) is 5.06. The van der Waals surface area contributed by atoms with Crippen molar-refractivity contribution >= 4 is 5.52 Å². The van der Waals surface area contributed by atoms with E-state index in [1.54, 1.807) is 12.4 Å². The van der Waals surface area contributed by atoms with E-state index in [0.29, 0.717) is 6.54 Å². The number of aromatic nitrogens is 4. The van der Waals surface area contributed by atoms with Gasteiger partial charge in [-0.3, -0.25) is 4.40 Å². The molecule has 3 aromatic heterocycles. The van der Waals surface area contributed by atoms with Gasteiger partial charge in [-0.05, 0) is 12.1 Å². The predicted molar refractivity (Wildman–Crippen MR) is 60.7 cm³/mol. The molecule has 0 fully saturated rings. The number of rotatable bonds is 2. The van der Waals surface area contributed by atoms with Gasteiger partial charge in [-0.25, -0.2) is 9.97 Å². The van der Waals surface area contributed by atoms with Crippen LogP contribution in [0.5, 0.6) is 0 Å². The van der Waals surface area contributed by atoms with Crippen LogP contribution in [-0.2, 0) is 6.54 Å². The lowest BCUT2D eigenvalue weighted by atomic mass is 10.3. The summed E-state index contributed by atoms with van der Waals surface area (Å²) < 4.78 is 1.99. The largest absolute Gasteiger partial charge is 0.342 e. The van der Waals surface area contributed by atoms with Gasteiger partial charge in [-0.2, -0.15) is 0 Å². The second-order valence-electron chi connectivity index (χ2n) is 3.48. The number of fused-ring (bicyclic) bond motifs is 1. The lowest BCUT2D eigenvalue weighted by molar-refractivity contribution is 1.02. The maximum atomic E-state index is 5.68. The minimum absolute atomic E-state index is 0.425. The van der Waals surface area contributed by atoms with Crippen LogP contribution in [0.4, 0.5) is 0 Å². The molecule has 0 aliphatic heterocycles. The highest BCUT2D eigenvalue weighted by atomic mass is 15.1. The summed E-state index contributed by atoms with van der Waals surface area (Å²) in [5, 5.41) is 0. The number of nitrogens with zero attached hydrogens (tertiary/aromatic N) is 3. The Morgan fingerprint density at radius 3 is 3.06 bits per heavy atom. The van der Waals surface area contributed by atoms with Gasteiger partial charge in [0.05, 0.1) is 11.2 Å². The van der Waals surface area contributed by atoms with Crippen molar-refractivity contribution in [1.29, 1.82) is 0 Å². The van der Waals surface area contributed by atoms with Crippen LogP contribution in [0.2, 0.25) is 0 Å². The van der Waals surface area contributed by atoms with E-state index in [1.807, 2.05) is 28.8 Å². The molecule has 0 aliphatic rings. The van der Waals surface area contributed by atoms with Crippen LogP contribution in [-0.4, -0.2) is 19.4 Å². The first kappa shape index (κ1) is 9.11. The normalized spacial score (nSPS) is 11.1. The molecule has 80 valence electrons. The Hall–Kier alpha value is -2.14. The van der Waals surface area contributed by atoms with Crippen molar-refractivity contribution in [2.45, 2.75) is 6.54 Å². The summed E-state index contributed by atoms with van der Waals surface area (Å²) in [7, 11) is 0. The van der Waals surface area contributed by atoms with Crippen LogP contribution in [0.3, 0.4) is 0 Å². The number of nitrogens with two attached hydrogens (primary N) is 1. The van der Waals surface area contributed by atoms with Gasteiger partial charge in [0.25, 0.3) is 0 Å². The molecule has 16 heavy (non-hydrogen) atoms. The number of imidazole rings is 2. The van der Waals surface area contributed by atoms with Gasteiger partial charge < -0.3 is 10.7 Å². The Labute approximate surface area is 92.0 Å². The monoisotopic (exact) mass is 213 g/mol. The molecule has 5 heteroatoms. The molecule has 5 nitrogen and oxygen atoms in total. The lowest BCUT2D eigenvalue weighted by Gasteiger charge is -1.96. The van der Waals surface area contributed by atoms with Gasteiger partial charge >= 0.3 is 0 Å². The van der Waals surface area contributed by atoms with Gasteiger partial charge in [0.2, 0.25) is 0 Å². The molecule has 0 aromatic carbocycles. The first-order valence-electron chi connectivity index (χ1n) is 5.06. The molecule has 0 unspecified atom stereocenters. The molecular formula is C11H11N5. The molecule has 3 aromatic rings. The average Bonchev–Trinajstić information content (AvgIpc) is 2.95. The van der Waals surface area contributed by atoms with Crippen LogP contribution in [0.15, 0.2) is 36.8 Å². The number of aromatic amines is 1. The quantitative estimate of drug-likeness (QED) is 0.671. The molecule has 0 aliphatic carbocycles. The van der Waals surface area contributed by atoms with E-state index < -0.39 is 0 Å². The van der Waals surface area contributed by atoms with E-state index >= 15 is 0 Å². The van der Waals surface area contributed by atoms with Gasteiger partial charge in [0.1, 0.15) is 0 Å². The van der Waals surface area contributed by atoms with E-state index in [-0.39, 0.29) is 0 Å².